The van der Waals surface area contributed by atoms with Crippen molar-refractivity contribution in [3.63, 3.8) is 0 Å². The van der Waals surface area contributed by atoms with Gasteiger partial charge in [0.05, 0.1) is 7.11 Å². The van der Waals surface area contributed by atoms with Crippen molar-refractivity contribution in [3.8, 4) is 11.5 Å². The Morgan fingerprint density at radius 3 is 2.67 bits per heavy atom. The summed E-state index contributed by atoms with van der Waals surface area (Å²) < 4.78 is 11.9. The Kier molecular flexibility index (Phi) is 4.39. The molecule has 3 nitrogen and oxygen atoms in total. The molecule has 1 atom stereocenters. The zero-order valence-electron chi connectivity index (χ0n) is 13.3. The molecule has 0 saturated heterocycles. The second kappa shape index (κ2) is 6.27. The number of hydrogen-bond donors (Lipinski definition) is 1. The molecule has 1 aromatic carbocycles. The van der Waals surface area contributed by atoms with Gasteiger partial charge in [0, 0.05) is 24.1 Å². The number of rotatable bonds is 3. The van der Waals surface area contributed by atoms with Crippen molar-refractivity contribution >= 4 is 0 Å². The van der Waals surface area contributed by atoms with Gasteiger partial charge in [-0.1, -0.05) is 25.8 Å². The van der Waals surface area contributed by atoms with Gasteiger partial charge in [-0.05, 0) is 38.3 Å². The fraction of sp³-hybridized carbons (Fsp3) is 0.667. The number of hydrogen-bond acceptors (Lipinski definition) is 3. The summed E-state index contributed by atoms with van der Waals surface area (Å²) in [4.78, 5) is 0. The second-order valence-corrected chi connectivity index (χ2v) is 6.42. The van der Waals surface area contributed by atoms with E-state index in [-0.39, 0.29) is 5.60 Å². The molecule has 1 heterocycles. The summed E-state index contributed by atoms with van der Waals surface area (Å²) >= 11 is 0. The van der Waals surface area contributed by atoms with Gasteiger partial charge in [0.2, 0.25) is 0 Å². The molecular weight excluding hydrogens is 262 g/mol. The molecule has 0 amide bonds. The summed E-state index contributed by atoms with van der Waals surface area (Å²) in [5, 5.41) is 3.65. The lowest BCUT2D eigenvalue weighted by Crippen LogP contribution is -2.43. The lowest BCUT2D eigenvalue weighted by Gasteiger charge is -2.42. The van der Waals surface area contributed by atoms with E-state index in [1.54, 1.807) is 7.11 Å². The smallest absolute Gasteiger partial charge is 0.128 e. The minimum atomic E-state index is 0.0305. The number of fused-ring (bicyclic) bond motifs is 1. The molecule has 1 unspecified atom stereocenters. The van der Waals surface area contributed by atoms with Crippen LogP contribution in [-0.2, 0) is 0 Å². The molecule has 0 aromatic heterocycles. The van der Waals surface area contributed by atoms with Crippen LogP contribution in [0.3, 0.4) is 0 Å². The minimum Gasteiger partial charge on any atom is -0.497 e. The monoisotopic (exact) mass is 289 g/mol. The van der Waals surface area contributed by atoms with E-state index in [1.165, 1.54) is 44.1 Å². The molecule has 1 aliphatic carbocycles. The van der Waals surface area contributed by atoms with Gasteiger partial charge in [0.15, 0.2) is 0 Å². The molecule has 1 aromatic rings. The van der Waals surface area contributed by atoms with Crippen molar-refractivity contribution in [2.24, 2.45) is 0 Å². The predicted molar refractivity (Wildman–Crippen MR) is 85.1 cm³/mol. The normalized spacial score (nSPS) is 24.0. The standard InChI is InChI=1S/C18H27NO2/c1-3-19-16-13-18(10-6-4-5-7-11-18)21-17-12-14(20-2)8-9-15(16)17/h8-9,12,16,19H,3-7,10-11,13H2,1-2H3. The average molecular weight is 289 g/mol. The highest BCUT2D eigenvalue weighted by Gasteiger charge is 2.40. The predicted octanol–water partition coefficient (Wildman–Crippen LogP) is 4.22. The van der Waals surface area contributed by atoms with E-state index in [9.17, 15) is 0 Å². The fourth-order valence-electron chi connectivity index (χ4n) is 3.88. The molecule has 1 saturated carbocycles. The molecule has 21 heavy (non-hydrogen) atoms. The van der Waals surface area contributed by atoms with Gasteiger partial charge in [0.1, 0.15) is 17.1 Å². The van der Waals surface area contributed by atoms with Crippen LogP contribution in [-0.4, -0.2) is 19.3 Å². The molecular formula is C18H27NO2. The Labute approximate surface area is 128 Å². The number of benzene rings is 1. The van der Waals surface area contributed by atoms with Crippen molar-refractivity contribution in [3.05, 3.63) is 23.8 Å². The number of ether oxygens (including phenoxy) is 2. The second-order valence-electron chi connectivity index (χ2n) is 6.42. The zero-order chi connectivity index (χ0) is 14.7. The Hall–Kier alpha value is -1.22. The highest BCUT2D eigenvalue weighted by Crippen LogP contribution is 2.46. The van der Waals surface area contributed by atoms with Crippen LogP contribution in [0.5, 0.6) is 11.5 Å². The summed E-state index contributed by atoms with van der Waals surface area (Å²) in [6.45, 7) is 3.17. The Bertz CT molecular complexity index is 478. The molecule has 2 aliphatic rings. The first-order chi connectivity index (χ1) is 10.3. The first-order valence-electron chi connectivity index (χ1n) is 8.37. The molecule has 0 radical (unpaired) electrons. The van der Waals surface area contributed by atoms with Crippen molar-refractivity contribution < 1.29 is 9.47 Å². The maximum absolute atomic E-state index is 6.54. The summed E-state index contributed by atoms with van der Waals surface area (Å²) in [6, 6.07) is 6.66. The van der Waals surface area contributed by atoms with Crippen molar-refractivity contribution in [2.45, 2.75) is 63.5 Å². The maximum atomic E-state index is 6.54. The van der Waals surface area contributed by atoms with E-state index < -0.39 is 0 Å². The van der Waals surface area contributed by atoms with Gasteiger partial charge in [-0.2, -0.15) is 0 Å². The van der Waals surface area contributed by atoms with E-state index in [1.807, 2.05) is 6.07 Å². The first kappa shape index (κ1) is 14.7. The van der Waals surface area contributed by atoms with Crippen LogP contribution in [0, 0.1) is 0 Å². The lowest BCUT2D eigenvalue weighted by atomic mass is 9.82. The van der Waals surface area contributed by atoms with Crippen LogP contribution in [0.4, 0.5) is 0 Å². The molecule has 1 aliphatic heterocycles. The SMILES string of the molecule is CCNC1CC2(CCCCCC2)Oc2cc(OC)ccc21. The van der Waals surface area contributed by atoms with E-state index in [4.69, 9.17) is 9.47 Å². The highest BCUT2D eigenvalue weighted by molar-refractivity contribution is 5.44. The Morgan fingerprint density at radius 2 is 2.00 bits per heavy atom. The largest absolute Gasteiger partial charge is 0.497 e. The third-order valence-electron chi connectivity index (χ3n) is 4.96. The first-order valence-corrected chi connectivity index (χ1v) is 8.37. The van der Waals surface area contributed by atoms with Crippen LogP contribution in [0.2, 0.25) is 0 Å². The minimum absolute atomic E-state index is 0.0305. The topological polar surface area (TPSA) is 30.5 Å². The zero-order valence-corrected chi connectivity index (χ0v) is 13.3. The molecule has 0 bridgehead atoms. The van der Waals surface area contributed by atoms with E-state index in [0.717, 1.165) is 24.5 Å². The Morgan fingerprint density at radius 1 is 1.24 bits per heavy atom. The van der Waals surface area contributed by atoms with Crippen molar-refractivity contribution in [1.82, 2.24) is 5.32 Å². The molecule has 1 spiro atoms. The quantitative estimate of drug-likeness (QED) is 0.903. The van der Waals surface area contributed by atoms with E-state index in [2.05, 4.69) is 24.4 Å². The van der Waals surface area contributed by atoms with E-state index in [0.29, 0.717) is 6.04 Å². The molecule has 1 N–H and O–H groups in total. The summed E-state index contributed by atoms with van der Waals surface area (Å²) in [7, 11) is 1.72. The van der Waals surface area contributed by atoms with Crippen molar-refractivity contribution in [2.75, 3.05) is 13.7 Å². The van der Waals surface area contributed by atoms with Crippen LogP contribution in [0.25, 0.3) is 0 Å². The van der Waals surface area contributed by atoms with Crippen LogP contribution < -0.4 is 14.8 Å². The molecule has 3 rings (SSSR count). The third-order valence-corrected chi connectivity index (χ3v) is 4.96. The molecule has 3 heteroatoms. The van der Waals surface area contributed by atoms with Crippen LogP contribution in [0.1, 0.15) is 63.5 Å². The van der Waals surface area contributed by atoms with Gasteiger partial charge in [-0.15, -0.1) is 0 Å². The van der Waals surface area contributed by atoms with Gasteiger partial charge in [-0.25, -0.2) is 0 Å². The number of methoxy groups -OCH3 is 1. The summed E-state index contributed by atoms with van der Waals surface area (Å²) in [5.41, 5.74) is 1.32. The maximum Gasteiger partial charge on any atom is 0.128 e. The van der Waals surface area contributed by atoms with Crippen molar-refractivity contribution in [1.29, 1.82) is 0 Å². The molecule has 116 valence electrons. The lowest BCUT2D eigenvalue weighted by molar-refractivity contribution is 0.0162. The third kappa shape index (κ3) is 3.03. The molecule has 1 fully saturated rings. The fourth-order valence-corrected chi connectivity index (χ4v) is 3.88. The van der Waals surface area contributed by atoms with Gasteiger partial charge in [0.25, 0.3) is 0 Å². The number of nitrogens with one attached hydrogen (secondary N) is 1. The van der Waals surface area contributed by atoms with Crippen LogP contribution >= 0.6 is 0 Å². The highest BCUT2D eigenvalue weighted by atomic mass is 16.5. The van der Waals surface area contributed by atoms with Gasteiger partial charge in [-0.3, -0.25) is 0 Å². The van der Waals surface area contributed by atoms with E-state index >= 15 is 0 Å². The van der Waals surface area contributed by atoms with Crippen LogP contribution in [0.15, 0.2) is 18.2 Å². The Balaban J connectivity index is 1.93. The van der Waals surface area contributed by atoms with Gasteiger partial charge < -0.3 is 14.8 Å². The summed E-state index contributed by atoms with van der Waals surface area (Å²) in [6.07, 6.45) is 8.75. The average Bonchev–Trinajstić information content (AvgIpc) is 2.72. The summed E-state index contributed by atoms with van der Waals surface area (Å²) in [5.74, 6) is 1.91. The van der Waals surface area contributed by atoms with Gasteiger partial charge >= 0.3 is 0 Å².